The number of nitrogens with zero attached hydrogens (tertiary/aromatic N) is 2. The molecule has 0 aliphatic heterocycles. The lowest BCUT2D eigenvalue weighted by Crippen LogP contribution is -2.19. The predicted molar refractivity (Wildman–Crippen MR) is 54.0 cm³/mol. The van der Waals surface area contributed by atoms with Gasteiger partial charge in [0.05, 0.1) is 15.4 Å². The Morgan fingerprint density at radius 2 is 1.65 bits per heavy atom. The normalized spacial score (nSPS) is 9.76. The maximum absolute atomic E-state index is 11.0. The van der Waals surface area contributed by atoms with Crippen LogP contribution in [0.2, 0.25) is 5.02 Å². The van der Waals surface area contributed by atoms with Gasteiger partial charge in [0.1, 0.15) is 0 Å². The molecule has 1 aromatic rings. The number of amides is 1. The molecule has 0 radical (unpaired) electrons. The van der Waals surface area contributed by atoms with Crippen molar-refractivity contribution in [2.45, 2.75) is 0 Å². The second-order valence-electron chi connectivity index (χ2n) is 2.78. The van der Waals surface area contributed by atoms with Crippen LogP contribution < -0.4 is 5.48 Å². The summed E-state index contributed by atoms with van der Waals surface area (Å²) in [6.45, 7) is 0. The zero-order valence-electron chi connectivity index (χ0n) is 7.92. The molecule has 0 aliphatic rings. The van der Waals surface area contributed by atoms with Gasteiger partial charge in [-0.2, -0.15) is 0 Å². The Bertz CT molecular complexity index is 481. The van der Waals surface area contributed by atoms with Gasteiger partial charge < -0.3 is 0 Å². The number of hydrogen-bond donors (Lipinski definition) is 2. The van der Waals surface area contributed by atoms with Crippen molar-refractivity contribution in [1.29, 1.82) is 0 Å². The molecule has 0 atom stereocenters. The van der Waals surface area contributed by atoms with Crippen LogP contribution in [0.3, 0.4) is 0 Å². The van der Waals surface area contributed by atoms with Gasteiger partial charge >= 0.3 is 0 Å². The fourth-order valence-electron chi connectivity index (χ4n) is 1.06. The van der Waals surface area contributed by atoms with Crippen LogP contribution in [0, 0.1) is 20.2 Å². The number of hydrogen-bond acceptors (Lipinski definition) is 6. The molecule has 0 spiro atoms. The second-order valence-corrected chi connectivity index (χ2v) is 3.16. The molecule has 90 valence electrons. The van der Waals surface area contributed by atoms with Crippen LogP contribution in [0.25, 0.3) is 0 Å². The van der Waals surface area contributed by atoms with Crippen LogP contribution in [-0.2, 0) is 0 Å². The first-order valence-corrected chi connectivity index (χ1v) is 4.33. The molecule has 17 heavy (non-hydrogen) atoms. The lowest BCUT2D eigenvalue weighted by molar-refractivity contribution is -0.393. The fourth-order valence-corrected chi connectivity index (χ4v) is 1.30. The number of carbonyl (C=O) groups excluding carboxylic acids is 1. The number of rotatable bonds is 3. The molecule has 1 rings (SSSR count). The molecule has 0 aromatic heterocycles. The summed E-state index contributed by atoms with van der Waals surface area (Å²) in [7, 11) is 0. The largest absolute Gasteiger partial charge is 0.295 e. The Morgan fingerprint density at radius 3 is 1.94 bits per heavy atom. The van der Waals surface area contributed by atoms with E-state index >= 15 is 0 Å². The molecule has 1 amide bonds. The van der Waals surface area contributed by atoms with Gasteiger partial charge in [0.2, 0.25) is 0 Å². The summed E-state index contributed by atoms with van der Waals surface area (Å²) in [4.78, 5) is 30.2. The van der Waals surface area contributed by atoms with E-state index in [0.29, 0.717) is 0 Å². The van der Waals surface area contributed by atoms with Crippen molar-refractivity contribution >= 4 is 28.9 Å². The highest BCUT2D eigenvalue weighted by Crippen LogP contribution is 2.34. The molecule has 1 aromatic carbocycles. The van der Waals surface area contributed by atoms with Crippen LogP contribution in [0.1, 0.15) is 10.4 Å². The molecular formula is C7H4ClN3O6. The summed E-state index contributed by atoms with van der Waals surface area (Å²) in [6.07, 6.45) is 0. The van der Waals surface area contributed by atoms with E-state index in [1.807, 2.05) is 0 Å². The molecule has 9 nitrogen and oxygen atoms in total. The zero-order chi connectivity index (χ0) is 13.2. The molecule has 0 unspecified atom stereocenters. The number of halogens is 1. The number of nitro groups is 2. The Balaban J connectivity index is 3.52. The number of nitro benzene ring substituents is 2. The number of nitrogens with one attached hydrogen (secondary N) is 1. The number of benzene rings is 1. The first-order valence-electron chi connectivity index (χ1n) is 3.95. The predicted octanol–water partition coefficient (Wildman–Crippen LogP) is 1.28. The van der Waals surface area contributed by atoms with E-state index < -0.39 is 37.7 Å². The highest BCUT2D eigenvalue weighted by molar-refractivity contribution is 6.35. The maximum atomic E-state index is 11.0. The third-order valence-electron chi connectivity index (χ3n) is 1.79. The fraction of sp³-hybridized carbons (Fsp3) is 0. The van der Waals surface area contributed by atoms with Gasteiger partial charge in [-0.3, -0.25) is 30.2 Å². The summed E-state index contributed by atoms with van der Waals surface area (Å²) < 4.78 is 0. The molecule has 2 N–H and O–H groups in total. The molecule has 0 aliphatic carbocycles. The first-order chi connectivity index (χ1) is 7.88. The van der Waals surface area contributed by atoms with Gasteiger partial charge in [0.15, 0.2) is 5.02 Å². The van der Waals surface area contributed by atoms with Gasteiger partial charge in [-0.1, -0.05) is 11.6 Å². The van der Waals surface area contributed by atoms with E-state index in [1.54, 1.807) is 0 Å². The van der Waals surface area contributed by atoms with Gasteiger partial charge in [-0.15, -0.1) is 0 Å². The minimum Gasteiger partial charge on any atom is -0.288 e. The van der Waals surface area contributed by atoms with Crippen molar-refractivity contribution in [2.24, 2.45) is 0 Å². The smallest absolute Gasteiger partial charge is 0.288 e. The molecular weight excluding hydrogens is 258 g/mol. The van der Waals surface area contributed by atoms with E-state index in [9.17, 15) is 25.0 Å². The Hall–Kier alpha value is -2.26. The quantitative estimate of drug-likeness (QED) is 0.478. The monoisotopic (exact) mass is 261 g/mol. The lowest BCUT2D eigenvalue weighted by atomic mass is 10.1. The summed E-state index contributed by atoms with van der Waals surface area (Å²) in [6, 6.07) is 1.45. The minimum atomic E-state index is -1.12. The van der Waals surface area contributed by atoms with E-state index in [2.05, 4.69) is 0 Å². The summed E-state index contributed by atoms with van der Waals surface area (Å²) in [5.74, 6) is -1.12. The zero-order valence-corrected chi connectivity index (χ0v) is 8.67. The minimum absolute atomic E-state index is 0.449. The molecule has 0 bridgehead atoms. The second kappa shape index (κ2) is 4.72. The van der Waals surface area contributed by atoms with Crippen LogP contribution in [0.5, 0.6) is 0 Å². The van der Waals surface area contributed by atoms with Crippen molar-refractivity contribution in [1.82, 2.24) is 5.48 Å². The topological polar surface area (TPSA) is 136 Å². The van der Waals surface area contributed by atoms with Crippen molar-refractivity contribution < 1.29 is 19.8 Å². The first kappa shape index (κ1) is 12.8. The molecule has 10 heteroatoms. The molecule has 0 saturated heterocycles. The van der Waals surface area contributed by atoms with Crippen LogP contribution in [0.4, 0.5) is 11.4 Å². The van der Waals surface area contributed by atoms with Crippen molar-refractivity contribution in [3.8, 4) is 0 Å². The van der Waals surface area contributed by atoms with Gasteiger partial charge in [-0.05, 0) is 0 Å². The van der Waals surface area contributed by atoms with E-state index in [0.717, 1.165) is 12.1 Å². The number of hydroxylamine groups is 1. The highest BCUT2D eigenvalue weighted by Gasteiger charge is 2.26. The summed E-state index contributed by atoms with van der Waals surface area (Å²) in [5.41, 5.74) is -0.827. The third kappa shape index (κ3) is 2.46. The van der Waals surface area contributed by atoms with E-state index in [4.69, 9.17) is 16.8 Å². The average molecular weight is 262 g/mol. The van der Waals surface area contributed by atoms with Gasteiger partial charge in [0.25, 0.3) is 17.3 Å². The van der Waals surface area contributed by atoms with Gasteiger partial charge in [0, 0.05) is 12.1 Å². The Labute approximate surface area is 97.9 Å². The summed E-state index contributed by atoms with van der Waals surface area (Å²) >= 11 is 5.44. The van der Waals surface area contributed by atoms with Crippen LogP contribution in [0.15, 0.2) is 12.1 Å². The standard InChI is InChI=1S/C7H4ClN3O6/c8-6-4(10(14)15)1-3(7(12)9-13)2-5(6)11(16)17/h1-2,13H,(H,9,12). The summed E-state index contributed by atoms with van der Waals surface area (Å²) in [5, 5.41) is 28.8. The Kier molecular flexibility index (Phi) is 3.55. The lowest BCUT2D eigenvalue weighted by Gasteiger charge is -2.01. The van der Waals surface area contributed by atoms with Crippen LogP contribution in [-0.4, -0.2) is 21.0 Å². The highest BCUT2D eigenvalue weighted by atomic mass is 35.5. The van der Waals surface area contributed by atoms with Crippen molar-refractivity contribution in [2.75, 3.05) is 0 Å². The molecule has 0 fully saturated rings. The molecule has 0 heterocycles. The van der Waals surface area contributed by atoms with E-state index in [-0.39, 0.29) is 0 Å². The molecule has 0 saturated carbocycles. The van der Waals surface area contributed by atoms with E-state index in [1.165, 1.54) is 5.48 Å². The third-order valence-corrected chi connectivity index (χ3v) is 2.18. The van der Waals surface area contributed by atoms with Crippen LogP contribution >= 0.6 is 11.6 Å². The Morgan fingerprint density at radius 1 is 1.24 bits per heavy atom. The van der Waals surface area contributed by atoms with Gasteiger partial charge in [-0.25, -0.2) is 5.48 Å². The number of carbonyl (C=O) groups is 1. The average Bonchev–Trinajstić information content (AvgIpc) is 2.27. The SMILES string of the molecule is O=C(NO)c1cc([N+](=O)[O-])c(Cl)c([N+](=O)[O-])c1. The van der Waals surface area contributed by atoms with Crippen molar-refractivity contribution in [3.63, 3.8) is 0 Å². The maximum Gasteiger partial charge on any atom is 0.295 e. The van der Waals surface area contributed by atoms with Crippen molar-refractivity contribution in [3.05, 3.63) is 42.9 Å².